The van der Waals surface area contributed by atoms with Gasteiger partial charge in [0.1, 0.15) is 0 Å². The van der Waals surface area contributed by atoms with Crippen molar-refractivity contribution in [3.63, 3.8) is 0 Å². The van der Waals surface area contributed by atoms with E-state index in [-0.39, 0.29) is 6.04 Å². The predicted molar refractivity (Wildman–Crippen MR) is 84.5 cm³/mol. The molecule has 0 saturated heterocycles. The number of aromatic nitrogens is 2. The lowest BCUT2D eigenvalue weighted by atomic mass is 10.0. The third-order valence-electron chi connectivity index (χ3n) is 3.62. The van der Waals surface area contributed by atoms with E-state index in [0.29, 0.717) is 0 Å². The van der Waals surface area contributed by atoms with Crippen molar-refractivity contribution in [3.05, 3.63) is 71.5 Å². The van der Waals surface area contributed by atoms with Crippen LogP contribution in [0.4, 0.5) is 0 Å². The van der Waals surface area contributed by atoms with Crippen LogP contribution < -0.4 is 11.3 Å². The number of benzene rings is 2. The molecule has 0 bridgehead atoms. The van der Waals surface area contributed by atoms with Crippen LogP contribution >= 0.6 is 0 Å². The lowest BCUT2D eigenvalue weighted by molar-refractivity contribution is 0.620. The van der Waals surface area contributed by atoms with Crippen molar-refractivity contribution < 1.29 is 0 Å². The van der Waals surface area contributed by atoms with Gasteiger partial charge in [-0.05, 0) is 29.7 Å². The fourth-order valence-electron chi connectivity index (χ4n) is 2.46. The average molecular weight is 278 g/mol. The highest BCUT2D eigenvalue weighted by molar-refractivity contribution is 5.73. The van der Waals surface area contributed by atoms with Crippen molar-refractivity contribution in [2.45, 2.75) is 19.4 Å². The summed E-state index contributed by atoms with van der Waals surface area (Å²) in [7, 11) is 0. The maximum Gasteiger partial charge on any atom is 0.0897 e. The standard InChI is InChI=1S/C17H18N4/c1-2-12-6-5-7-13(10-12)17(21-18)16-11-19-14-8-3-4-9-15(14)20-16/h3-11,17,21H,2,18H2,1H3. The highest BCUT2D eigenvalue weighted by atomic mass is 15.2. The molecule has 3 rings (SSSR count). The topological polar surface area (TPSA) is 63.8 Å². The number of hydrogen-bond acceptors (Lipinski definition) is 4. The quantitative estimate of drug-likeness (QED) is 0.569. The highest BCUT2D eigenvalue weighted by Crippen LogP contribution is 2.22. The minimum Gasteiger partial charge on any atom is -0.271 e. The van der Waals surface area contributed by atoms with Gasteiger partial charge in [0.2, 0.25) is 0 Å². The molecule has 1 heterocycles. The summed E-state index contributed by atoms with van der Waals surface area (Å²) in [4.78, 5) is 9.13. The van der Waals surface area contributed by atoms with Gasteiger partial charge in [0.05, 0.1) is 29.0 Å². The predicted octanol–water partition coefficient (Wildman–Crippen LogP) is 2.74. The van der Waals surface area contributed by atoms with E-state index in [9.17, 15) is 0 Å². The zero-order chi connectivity index (χ0) is 14.7. The minimum absolute atomic E-state index is 0.159. The number of nitrogens with two attached hydrogens (primary N) is 1. The van der Waals surface area contributed by atoms with E-state index in [1.165, 1.54) is 5.56 Å². The molecular weight excluding hydrogens is 260 g/mol. The molecule has 4 heteroatoms. The number of hydrazine groups is 1. The van der Waals surface area contributed by atoms with Crippen LogP contribution in [0.1, 0.15) is 29.8 Å². The molecule has 3 aromatic rings. The molecule has 0 spiro atoms. The molecule has 2 aromatic carbocycles. The second kappa shape index (κ2) is 5.99. The van der Waals surface area contributed by atoms with Crippen molar-refractivity contribution in [1.82, 2.24) is 15.4 Å². The van der Waals surface area contributed by atoms with Gasteiger partial charge in [-0.2, -0.15) is 0 Å². The highest BCUT2D eigenvalue weighted by Gasteiger charge is 2.15. The van der Waals surface area contributed by atoms with Crippen LogP contribution in [0, 0.1) is 0 Å². The normalized spacial score (nSPS) is 12.5. The number of nitrogens with one attached hydrogen (secondary N) is 1. The van der Waals surface area contributed by atoms with Crippen LogP contribution in [-0.2, 0) is 6.42 Å². The maximum atomic E-state index is 5.75. The summed E-state index contributed by atoms with van der Waals surface area (Å²) in [5.74, 6) is 5.75. The van der Waals surface area contributed by atoms with Crippen LogP contribution in [0.2, 0.25) is 0 Å². The van der Waals surface area contributed by atoms with E-state index >= 15 is 0 Å². The monoisotopic (exact) mass is 278 g/mol. The molecule has 0 aliphatic heterocycles. The summed E-state index contributed by atoms with van der Waals surface area (Å²) in [6.45, 7) is 2.14. The Morgan fingerprint density at radius 2 is 1.90 bits per heavy atom. The number of para-hydroxylation sites is 2. The molecule has 0 radical (unpaired) electrons. The third-order valence-corrected chi connectivity index (χ3v) is 3.62. The van der Waals surface area contributed by atoms with Gasteiger partial charge < -0.3 is 0 Å². The van der Waals surface area contributed by atoms with Crippen LogP contribution in [0.15, 0.2) is 54.7 Å². The fraction of sp³-hybridized carbons (Fsp3) is 0.176. The summed E-state index contributed by atoms with van der Waals surface area (Å²) in [5, 5.41) is 0. The molecule has 21 heavy (non-hydrogen) atoms. The number of rotatable bonds is 4. The fourth-order valence-corrected chi connectivity index (χ4v) is 2.46. The molecule has 1 unspecified atom stereocenters. The number of aryl methyl sites for hydroxylation is 1. The zero-order valence-corrected chi connectivity index (χ0v) is 12.0. The lowest BCUT2D eigenvalue weighted by Gasteiger charge is -2.16. The van der Waals surface area contributed by atoms with E-state index in [0.717, 1.165) is 28.7 Å². The second-order valence-corrected chi connectivity index (χ2v) is 4.98. The van der Waals surface area contributed by atoms with Gasteiger partial charge in [0, 0.05) is 0 Å². The largest absolute Gasteiger partial charge is 0.271 e. The maximum absolute atomic E-state index is 5.75. The van der Waals surface area contributed by atoms with Crippen LogP contribution in [0.5, 0.6) is 0 Å². The van der Waals surface area contributed by atoms with Crippen molar-refractivity contribution in [1.29, 1.82) is 0 Å². The summed E-state index contributed by atoms with van der Waals surface area (Å²) in [5.41, 5.74) is 7.81. The summed E-state index contributed by atoms with van der Waals surface area (Å²) >= 11 is 0. The first kappa shape index (κ1) is 13.7. The van der Waals surface area contributed by atoms with Gasteiger partial charge in [0.15, 0.2) is 0 Å². The van der Waals surface area contributed by atoms with E-state index < -0.39 is 0 Å². The van der Waals surface area contributed by atoms with E-state index in [2.05, 4.69) is 40.5 Å². The second-order valence-electron chi connectivity index (χ2n) is 4.98. The molecule has 1 atom stereocenters. The van der Waals surface area contributed by atoms with E-state index in [4.69, 9.17) is 5.84 Å². The van der Waals surface area contributed by atoms with Crippen molar-refractivity contribution >= 4 is 11.0 Å². The SMILES string of the molecule is CCc1cccc(C(NN)c2cnc3ccccc3n2)c1. The molecule has 0 fully saturated rings. The Morgan fingerprint density at radius 3 is 2.67 bits per heavy atom. The van der Waals surface area contributed by atoms with Crippen LogP contribution in [-0.4, -0.2) is 9.97 Å². The van der Waals surface area contributed by atoms with Gasteiger partial charge in [0.25, 0.3) is 0 Å². The Kier molecular flexibility index (Phi) is 3.90. The first-order chi connectivity index (χ1) is 10.3. The van der Waals surface area contributed by atoms with Gasteiger partial charge in [-0.3, -0.25) is 10.8 Å². The van der Waals surface area contributed by atoms with Gasteiger partial charge in [-0.25, -0.2) is 10.4 Å². The lowest BCUT2D eigenvalue weighted by Crippen LogP contribution is -2.29. The molecule has 0 amide bonds. The molecule has 4 nitrogen and oxygen atoms in total. The van der Waals surface area contributed by atoms with E-state index in [1.54, 1.807) is 6.20 Å². The Hall–Kier alpha value is -2.30. The van der Waals surface area contributed by atoms with Gasteiger partial charge in [-0.15, -0.1) is 0 Å². The number of hydrogen-bond donors (Lipinski definition) is 2. The summed E-state index contributed by atoms with van der Waals surface area (Å²) in [6.07, 6.45) is 2.78. The Morgan fingerprint density at radius 1 is 1.10 bits per heavy atom. The first-order valence-corrected chi connectivity index (χ1v) is 7.08. The van der Waals surface area contributed by atoms with Crippen molar-refractivity contribution in [3.8, 4) is 0 Å². The zero-order valence-electron chi connectivity index (χ0n) is 12.0. The van der Waals surface area contributed by atoms with E-state index in [1.807, 2.05) is 30.3 Å². The van der Waals surface area contributed by atoms with Gasteiger partial charge in [-0.1, -0.05) is 43.3 Å². The summed E-state index contributed by atoms with van der Waals surface area (Å²) in [6, 6.07) is 16.0. The van der Waals surface area contributed by atoms with Crippen molar-refractivity contribution in [2.75, 3.05) is 0 Å². The minimum atomic E-state index is -0.159. The molecule has 0 aliphatic carbocycles. The molecule has 106 valence electrons. The van der Waals surface area contributed by atoms with Crippen LogP contribution in [0.25, 0.3) is 11.0 Å². The van der Waals surface area contributed by atoms with Gasteiger partial charge >= 0.3 is 0 Å². The molecule has 0 aliphatic rings. The molecule has 0 saturated carbocycles. The van der Waals surface area contributed by atoms with Crippen LogP contribution in [0.3, 0.4) is 0 Å². The third kappa shape index (κ3) is 2.77. The average Bonchev–Trinajstić information content (AvgIpc) is 2.56. The molecular formula is C17H18N4. The number of fused-ring (bicyclic) bond motifs is 1. The molecule has 1 aromatic heterocycles. The Balaban J connectivity index is 2.04. The first-order valence-electron chi connectivity index (χ1n) is 7.08. The van der Waals surface area contributed by atoms with Crippen molar-refractivity contribution in [2.24, 2.45) is 5.84 Å². The smallest absolute Gasteiger partial charge is 0.0897 e. The summed E-state index contributed by atoms with van der Waals surface area (Å²) < 4.78 is 0. The number of nitrogens with zero attached hydrogens (tertiary/aromatic N) is 2. The molecule has 3 N–H and O–H groups in total. The Bertz CT molecular complexity index is 754. The Labute approximate surface area is 124 Å².